The van der Waals surface area contributed by atoms with Crippen LogP contribution in [-0.2, 0) is 14.4 Å². The lowest BCUT2D eigenvalue weighted by atomic mass is 10.1. The predicted molar refractivity (Wildman–Crippen MR) is 139 cm³/mol. The number of aliphatic carboxylic acids is 3. The summed E-state index contributed by atoms with van der Waals surface area (Å²) in [5.74, 6) is -3.82. The Morgan fingerprint density at radius 3 is 2.31 bits per heavy atom. The van der Waals surface area contributed by atoms with Gasteiger partial charge in [-0.15, -0.1) is 0 Å². The fourth-order valence-corrected chi connectivity index (χ4v) is 3.18. The van der Waals surface area contributed by atoms with Gasteiger partial charge in [-0.2, -0.15) is 4.98 Å². The number of fused-ring (bicyclic) bond motifs is 1. The highest BCUT2D eigenvalue weighted by Gasteiger charge is 2.23. The van der Waals surface area contributed by atoms with Crippen LogP contribution in [0.2, 0.25) is 0 Å². The largest absolute Gasteiger partial charge is 0.481 e. The Labute approximate surface area is 220 Å². The number of anilines is 4. The molecule has 0 fully saturated rings. The Morgan fingerprint density at radius 1 is 1.10 bits per heavy atom. The molecule has 1 aliphatic rings. The highest BCUT2D eigenvalue weighted by atomic mass is 16.4. The van der Waals surface area contributed by atoms with Gasteiger partial charge in [0.25, 0.3) is 11.5 Å². The summed E-state index contributed by atoms with van der Waals surface area (Å²) < 4.78 is 0. The van der Waals surface area contributed by atoms with Crippen molar-refractivity contribution in [1.29, 1.82) is 0 Å². The first kappa shape index (κ1) is 30.3. The molecule has 212 valence electrons. The van der Waals surface area contributed by atoms with E-state index < -0.39 is 42.5 Å². The number of aromatic amines is 1. The molecule has 3 rings (SSSR count). The quantitative estimate of drug-likeness (QED) is 0.146. The van der Waals surface area contributed by atoms with Crippen LogP contribution in [0.4, 0.5) is 23.1 Å². The van der Waals surface area contributed by atoms with E-state index in [4.69, 9.17) is 31.9 Å². The standard InChI is InChI=1S/C19H23N7O6.C3H7NO3/c20-19-25-15-14(17(30)26-19)23-11(8-22-15)7-21-10-3-1-9(2-4-10)16(29)24-12(18(31)32)5-6-13(27)28;4-2(1-5)3(6)7/h1-4,11-12,21,23H,5-8H2,(H,24,29)(H,27,28)(H,31,32)(H4,20,22,25,26,30);2,5H,1,4H2,(H,6,7)/t;2-/m.0/s1. The van der Waals surface area contributed by atoms with Gasteiger partial charge in [0, 0.05) is 30.8 Å². The van der Waals surface area contributed by atoms with E-state index in [1.807, 2.05) is 0 Å². The van der Waals surface area contributed by atoms with E-state index in [2.05, 4.69) is 31.2 Å². The number of carboxylic acid groups (broad SMARTS) is 3. The number of rotatable bonds is 11. The van der Waals surface area contributed by atoms with E-state index in [1.165, 1.54) is 12.1 Å². The third-order valence-electron chi connectivity index (χ3n) is 5.27. The Balaban J connectivity index is 0.000000673. The lowest BCUT2D eigenvalue weighted by Crippen LogP contribution is -2.41. The molecule has 1 amide bonds. The van der Waals surface area contributed by atoms with E-state index in [-0.39, 0.29) is 36.0 Å². The first-order chi connectivity index (χ1) is 18.4. The monoisotopic (exact) mass is 550 g/mol. The Kier molecular flexibility index (Phi) is 11.0. The number of carboxylic acids is 3. The number of nitrogens with two attached hydrogens (primary N) is 2. The van der Waals surface area contributed by atoms with Crippen LogP contribution in [-0.4, -0.2) is 92.0 Å². The molecule has 3 atom stereocenters. The van der Waals surface area contributed by atoms with Crippen LogP contribution >= 0.6 is 0 Å². The summed E-state index contributed by atoms with van der Waals surface area (Å²) in [5.41, 5.74) is 11.2. The van der Waals surface area contributed by atoms with Crippen LogP contribution in [0.1, 0.15) is 23.2 Å². The number of carbonyl (C=O) groups excluding carboxylic acids is 1. The molecule has 1 aliphatic heterocycles. The normalized spacial score (nSPS) is 15.1. The fraction of sp³-hybridized carbons (Fsp3) is 0.364. The Hall–Kier alpha value is -4.90. The second-order valence-electron chi connectivity index (χ2n) is 8.28. The van der Waals surface area contributed by atoms with Crippen molar-refractivity contribution in [2.24, 2.45) is 5.73 Å². The molecule has 0 bridgehead atoms. The summed E-state index contributed by atoms with van der Waals surface area (Å²) in [6.07, 6.45) is -0.587. The summed E-state index contributed by atoms with van der Waals surface area (Å²) in [5, 5.41) is 45.4. The molecular formula is C22H30N8O9. The number of amides is 1. The number of H-pyrrole nitrogens is 1. The average molecular weight is 551 g/mol. The van der Waals surface area contributed by atoms with Gasteiger partial charge in [0.1, 0.15) is 17.8 Å². The smallest absolute Gasteiger partial charge is 0.326 e. The number of carbonyl (C=O) groups is 4. The molecule has 13 N–H and O–H groups in total. The van der Waals surface area contributed by atoms with Crippen LogP contribution in [0.5, 0.6) is 0 Å². The third kappa shape index (κ3) is 9.48. The van der Waals surface area contributed by atoms with E-state index in [9.17, 15) is 24.0 Å². The first-order valence-electron chi connectivity index (χ1n) is 11.5. The third-order valence-corrected chi connectivity index (χ3v) is 5.27. The zero-order valence-corrected chi connectivity index (χ0v) is 20.5. The Bertz CT molecular complexity index is 1240. The van der Waals surface area contributed by atoms with Gasteiger partial charge in [-0.1, -0.05) is 0 Å². The van der Waals surface area contributed by atoms with E-state index >= 15 is 0 Å². The van der Waals surface area contributed by atoms with Crippen molar-refractivity contribution in [3.8, 4) is 0 Å². The highest BCUT2D eigenvalue weighted by molar-refractivity contribution is 5.97. The number of nitrogens with zero attached hydrogens (tertiary/aromatic N) is 1. The van der Waals surface area contributed by atoms with Crippen LogP contribution in [0, 0.1) is 0 Å². The lowest BCUT2D eigenvalue weighted by molar-refractivity contribution is -0.141. The maximum atomic E-state index is 12.3. The second kappa shape index (κ2) is 14.1. The average Bonchev–Trinajstić information content (AvgIpc) is 2.89. The molecule has 0 saturated heterocycles. The van der Waals surface area contributed by atoms with Crippen LogP contribution in [0.15, 0.2) is 29.1 Å². The maximum absolute atomic E-state index is 12.3. The molecule has 0 spiro atoms. The van der Waals surface area contributed by atoms with E-state index in [1.54, 1.807) is 12.1 Å². The second-order valence-corrected chi connectivity index (χ2v) is 8.28. The summed E-state index contributed by atoms with van der Waals surface area (Å²) in [6.45, 7) is 0.455. The van der Waals surface area contributed by atoms with E-state index in [0.717, 1.165) is 0 Å². The molecule has 17 heteroatoms. The number of hydrogen-bond acceptors (Lipinski definition) is 12. The molecule has 0 aliphatic carbocycles. The summed E-state index contributed by atoms with van der Waals surface area (Å²) in [4.78, 5) is 62.2. The molecular weight excluding hydrogens is 520 g/mol. The van der Waals surface area contributed by atoms with Crippen molar-refractivity contribution in [3.63, 3.8) is 0 Å². The van der Waals surface area contributed by atoms with Gasteiger partial charge in [-0.3, -0.25) is 24.2 Å². The zero-order chi connectivity index (χ0) is 29.1. The molecule has 2 aromatic rings. The van der Waals surface area contributed by atoms with Gasteiger partial charge in [0.05, 0.1) is 12.6 Å². The number of aliphatic hydroxyl groups excluding tert-OH is 1. The van der Waals surface area contributed by atoms with Crippen molar-refractivity contribution in [1.82, 2.24) is 15.3 Å². The molecule has 1 aromatic heterocycles. The minimum atomic E-state index is -1.30. The van der Waals surface area contributed by atoms with Gasteiger partial charge >= 0.3 is 17.9 Å². The molecule has 2 unspecified atom stereocenters. The fourth-order valence-electron chi connectivity index (χ4n) is 3.18. The van der Waals surface area contributed by atoms with Crippen molar-refractivity contribution >= 4 is 47.0 Å². The maximum Gasteiger partial charge on any atom is 0.326 e. The summed E-state index contributed by atoms with van der Waals surface area (Å²) in [6, 6.07) is 3.81. The van der Waals surface area contributed by atoms with Crippen molar-refractivity contribution in [2.45, 2.75) is 31.0 Å². The van der Waals surface area contributed by atoms with Crippen LogP contribution in [0.25, 0.3) is 0 Å². The molecule has 1 aromatic carbocycles. The molecule has 17 nitrogen and oxygen atoms in total. The van der Waals surface area contributed by atoms with Gasteiger partial charge in [-0.25, -0.2) is 4.79 Å². The number of hydrogen-bond donors (Lipinski definition) is 11. The molecule has 2 heterocycles. The van der Waals surface area contributed by atoms with Crippen molar-refractivity contribution in [2.75, 3.05) is 41.4 Å². The summed E-state index contributed by atoms with van der Waals surface area (Å²) in [7, 11) is 0. The zero-order valence-electron chi connectivity index (χ0n) is 20.5. The van der Waals surface area contributed by atoms with Gasteiger partial charge < -0.3 is 53.2 Å². The minimum absolute atomic E-state index is 0.0281. The van der Waals surface area contributed by atoms with Crippen LogP contribution in [0.3, 0.4) is 0 Å². The van der Waals surface area contributed by atoms with Gasteiger partial charge in [0.15, 0.2) is 5.82 Å². The molecule has 0 radical (unpaired) electrons. The summed E-state index contributed by atoms with van der Waals surface area (Å²) >= 11 is 0. The SMILES string of the molecule is N[C@@H](CO)C(=O)O.Nc1nc2c(c(=O)[nH]1)NC(CNc1ccc(C(=O)NC(CCC(=O)O)C(=O)O)cc1)CN2. The predicted octanol–water partition coefficient (Wildman–Crippen LogP) is -1.89. The topological polar surface area (TPSA) is 295 Å². The van der Waals surface area contributed by atoms with Crippen LogP contribution < -0.4 is 38.3 Å². The van der Waals surface area contributed by atoms with Gasteiger partial charge in [-0.05, 0) is 30.7 Å². The molecule has 0 saturated carbocycles. The lowest BCUT2D eigenvalue weighted by Gasteiger charge is -2.27. The number of aliphatic hydroxyl groups is 1. The molecule has 39 heavy (non-hydrogen) atoms. The van der Waals surface area contributed by atoms with Crippen molar-refractivity contribution in [3.05, 3.63) is 40.2 Å². The number of nitrogen functional groups attached to an aromatic ring is 1. The highest BCUT2D eigenvalue weighted by Crippen LogP contribution is 2.20. The number of aromatic nitrogens is 2. The van der Waals surface area contributed by atoms with E-state index in [0.29, 0.717) is 30.3 Å². The van der Waals surface area contributed by atoms with Gasteiger partial charge in [0.2, 0.25) is 5.95 Å². The number of benzene rings is 1. The Morgan fingerprint density at radius 2 is 1.77 bits per heavy atom. The first-order valence-corrected chi connectivity index (χ1v) is 11.5. The van der Waals surface area contributed by atoms with Crippen molar-refractivity contribution < 1.29 is 39.6 Å². The minimum Gasteiger partial charge on any atom is -0.481 e. The number of nitrogens with one attached hydrogen (secondary N) is 5.